The van der Waals surface area contributed by atoms with E-state index in [0.29, 0.717) is 13.1 Å². The van der Waals surface area contributed by atoms with Gasteiger partial charge in [0.15, 0.2) is 0 Å². The lowest BCUT2D eigenvalue weighted by molar-refractivity contribution is 0.0424. The Balaban J connectivity index is 2.78. The Morgan fingerprint density at radius 3 is 2.61 bits per heavy atom. The monoisotopic (exact) mass is 246 g/mol. The van der Waals surface area contributed by atoms with Crippen molar-refractivity contribution in [2.45, 2.75) is 26.0 Å². The van der Waals surface area contributed by atoms with E-state index in [2.05, 4.69) is 22.8 Å². The lowest BCUT2D eigenvalue weighted by Gasteiger charge is -2.25. The van der Waals surface area contributed by atoms with Gasteiger partial charge in [0.2, 0.25) is 0 Å². The number of rotatable bonds is 4. The zero-order chi connectivity index (χ0) is 13.6. The van der Waals surface area contributed by atoms with Crippen LogP contribution in [0.1, 0.15) is 25.0 Å². The standard InChI is InChI=1S/C15H22N2O/c1-15(2,18)12-17(3)11-14-8-5-4-7-13(14)9-6-10-16/h4-5,7-8,18H,10-12,16H2,1-3H3. The maximum Gasteiger partial charge on any atom is 0.0718 e. The van der Waals surface area contributed by atoms with Crippen LogP contribution in [0.2, 0.25) is 0 Å². The summed E-state index contributed by atoms with van der Waals surface area (Å²) < 4.78 is 0. The number of hydrogen-bond acceptors (Lipinski definition) is 3. The summed E-state index contributed by atoms with van der Waals surface area (Å²) >= 11 is 0. The highest BCUT2D eigenvalue weighted by atomic mass is 16.3. The molecule has 1 aromatic rings. The highest BCUT2D eigenvalue weighted by Gasteiger charge is 2.16. The average molecular weight is 246 g/mol. The van der Waals surface area contributed by atoms with Crippen molar-refractivity contribution in [3.05, 3.63) is 35.4 Å². The van der Waals surface area contributed by atoms with E-state index in [1.54, 1.807) is 0 Å². The molecule has 0 saturated carbocycles. The van der Waals surface area contributed by atoms with Crippen molar-refractivity contribution in [1.82, 2.24) is 4.90 Å². The van der Waals surface area contributed by atoms with Crippen LogP contribution >= 0.6 is 0 Å². The Labute approximate surface area is 110 Å². The van der Waals surface area contributed by atoms with Crippen LogP contribution in [0.15, 0.2) is 24.3 Å². The minimum Gasteiger partial charge on any atom is -0.389 e. The number of likely N-dealkylation sites (N-methyl/N-ethyl adjacent to an activating group) is 1. The fourth-order valence-corrected chi connectivity index (χ4v) is 1.93. The van der Waals surface area contributed by atoms with Crippen LogP contribution in [-0.4, -0.2) is 35.7 Å². The topological polar surface area (TPSA) is 49.5 Å². The number of benzene rings is 1. The molecule has 1 aromatic carbocycles. The first-order chi connectivity index (χ1) is 8.42. The molecule has 0 aliphatic rings. The van der Waals surface area contributed by atoms with Gasteiger partial charge in [-0.15, -0.1) is 0 Å². The zero-order valence-electron chi connectivity index (χ0n) is 11.4. The van der Waals surface area contributed by atoms with Gasteiger partial charge in [0.05, 0.1) is 12.1 Å². The van der Waals surface area contributed by atoms with Crippen molar-refractivity contribution in [2.24, 2.45) is 5.73 Å². The van der Waals surface area contributed by atoms with E-state index in [0.717, 1.165) is 17.7 Å². The van der Waals surface area contributed by atoms with Crippen LogP contribution in [0.5, 0.6) is 0 Å². The first-order valence-electron chi connectivity index (χ1n) is 6.10. The quantitative estimate of drug-likeness (QED) is 0.785. The molecule has 18 heavy (non-hydrogen) atoms. The molecule has 0 saturated heterocycles. The van der Waals surface area contributed by atoms with Gasteiger partial charge in [-0.05, 0) is 32.5 Å². The fourth-order valence-electron chi connectivity index (χ4n) is 1.93. The summed E-state index contributed by atoms with van der Waals surface area (Å²) in [5, 5.41) is 9.79. The van der Waals surface area contributed by atoms with E-state index >= 15 is 0 Å². The molecule has 0 spiro atoms. The van der Waals surface area contributed by atoms with Gasteiger partial charge < -0.3 is 10.8 Å². The maximum absolute atomic E-state index is 9.79. The Morgan fingerprint density at radius 2 is 2.00 bits per heavy atom. The summed E-state index contributed by atoms with van der Waals surface area (Å²) in [4.78, 5) is 2.09. The number of aliphatic hydroxyl groups is 1. The number of hydrogen-bond donors (Lipinski definition) is 2. The summed E-state index contributed by atoms with van der Waals surface area (Å²) in [6.45, 7) is 5.37. The molecule has 98 valence electrons. The largest absolute Gasteiger partial charge is 0.389 e. The van der Waals surface area contributed by atoms with Gasteiger partial charge in [0.1, 0.15) is 0 Å². The van der Waals surface area contributed by atoms with Crippen LogP contribution in [0.25, 0.3) is 0 Å². The van der Waals surface area contributed by atoms with Crippen LogP contribution in [0.3, 0.4) is 0 Å². The second-order valence-corrected chi connectivity index (χ2v) is 5.15. The molecule has 1 rings (SSSR count). The minimum absolute atomic E-state index is 0.369. The van der Waals surface area contributed by atoms with Gasteiger partial charge in [0.25, 0.3) is 0 Å². The Hall–Kier alpha value is -1.34. The second kappa shape index (κ2) is 6.55. The Bertz CT molecular complexity index is 438. The lowest BCUT2D eigenvalue weighted by Crippen LogP contribution is -2.35. The summed E-state index contributed by atoms with van der Waals surface area (Å²) in [5.41, 5.74) is 6.87. The first-order valence-corrected chi connectivity index (χ1v) is 6.10. The first kappa shape index (κ1) is 14.7. The van der Waals surface area contributed by atoms with Gasteiger partial charge in [0, 0.05) is 18.7 Å². The van der Waals surface area contributed by atoms with E-state index in [-0.39, 0.29) is 0 Å². The number of nitrogens with zero attached hydrogens (tertiary/aromatic N) is 1. The number of nitrogens with two attached hydrogens (primary N) is 1. The van der Waals surface area contributed by atoms with Crippen LogP contribution in [0, 0.1) is 11.8 Å². The van der Waals surface area contributed by atoms with Gasteiger partial charge in [-0.2, -0.15) is 0 Å². The Morgan fingerprint density at radius 1 is 1.33 bits per heavy atom. The summed E-state index contributed by atoms with van der Waals surface area (Å²) in [5.74, 6) is 5.95. The molecule has 0 atom stereocenters. The van der Waals surface area contributed by atoms with E-state index in [1.807, 2.05) is 39.1 Å². The van der Waals surface area contributed by atoms with Gasteiger partial charge in [-0.25, -0.2) is 0 Å². The highest BCUT2D eigenvalue weighted by Crippen LogP contribution is 2.12. The van der Waals surface area contributed by atoms with Crippen LogP contribution in [-0.2, 0) is 6.54 Å². The molecule has 0 amide bonds. The maximum atomic E-state index is 9.79. The smallest absolute Gasteiger partial charge is 0.0718 e. The molecular formula is C15H22N2O. The van der Waals surface area contributed by atoms with Crippen molar-refractivity contribution in [3.63, 3.8) is 0 Å². The summed E-state index contributed by atoms with van der Waals surface area (Å²) in [6, 6.07) is 8.03. The van der Waals surface area contributed by atoms with E-state index in [9.17, 15) is 5.11 Å². The third kappa shape index (κ3) is 5.33. The summed E-state index contributed by atoms with van der Waals surface area (Å²) in [6.07, 6.45) is 0. The van der Waals surface area contributed by atoms with Crippen LogP contribution < -0.4 is 5.73 Å². The normalized spacial score (nSPS) is 11.2. The minimum atomic E-state index is -0.688. The second-order valence-electron chi connectivity index (χ2n) is 5.15. The molecule has 0 radical (unpaired) electrons. The van der Waals surface area contributed by atoms with Crippen LogP contribution in [0.4, 0.5) is 0 Å². The van der Waals surface area contributed by atoms with Crippen molar-refractivity contribution in [2.75, 3.05) is 20.1 Å². The molecule has 3 heteroatoms. The van der Waals surface area contributed by atoms with E-state index in [1.165, 1.54) is 0 Å². The molecule has 0 aliphatic heterocycles. The predicted molar refractivity (Wildman–Crippen MR) is 75.0 cm³/mol. The van der Waals surface area contributed by atoms with Crippen molar-refractivity contribution in [3.8, 4) is 11.8 Å². The van der Waals surface area contributed by atoms with Gasteiger partial charge >= 0.3 is 0 Å². The molecule has 3 nitrogen and oxygen atoms in total. The lowest BCUT2D eigenvalue weighted by atomic mass is 10.1. The highest BCUT2D eigenvalue weighted by molar-refractivity contribution is 5.41. The van der Waals surface area contributed by atoms with Gasteiger partial charge in [-0.3, -0.25) is 4.90 Å². The third-order valence-electron chi connectivity index (χ3n) is 2.44. The average Bonchev–Trinajstić information content (AvgIpc) is 2.25. The molecular weight excluding hydrogens is 224 g/mol. The van der Waals surface area contributed by atoms with Crippen molar-refractivity contribution in [1.29, 1.82) is 0 Å². The van der Waals surface area contributed by atoms with E-state index in [4.69, 9.17) is 5.73 Å². The molecule has 0 aromatic heterocycles. The summed E-state index contributed by atoms with van der Waals surface area (Å²) in [7, 11) is 1.99. The van der Waals surface area contributed by atoms with Gasteiger partial charge in [-0.1, -0.05) is 30.0 Å². The fraction of sp³-hybridized carbons (Fsp3) is 0.467. The van der Waals surface area contributed by atoms with Crippen molar-refractivity contribution >= 4 is 0 Å². The molecule has 0 aliphatic carbocycles. The van der Waals surface area contributed by atoms with E-state index < -0.39 is 5.60 Å². The zero-order valence-corrected chi connectivity index (χ0v) is 11.4. The molecule has 0 heterocycles. The molecule has 0 bridgehead atoms. The molecule has 3 N–H and O–H groups in total. The van der Waals surface area contributed by atoms with Crippen molar-refractivity contribution < 1.29 is 5.11 Å². The Kier molecular flexibility index (Phi) is 5.36. The third-order valence-corrected chi connectivity index (χ3v) is 2.44. The predicted octanol–water partition coefficient (Wildman–Crippen LogP) is 1.20. The molecule has 0 unspecified atom stereocenters. The molecule has 0 fully saturated rings. The SMILES string of the molecule is CN(Cc1ccccc1C#CCN)CC(C)(C)O.